The largest absolute Gasteiger partial charge is 0.460 e. The van der Waals surface area contributed by atoms with Crippen molar-refractivity contribution in [2.24, 2.45) is 0 Å². The van der Waals surface area contributed by atoms with Crippen molar-refractivity contribution >= 4 is 27.6 Å². The summed E-state index contributed by atoms with van der Waals surface area (Å²) in [6.45, 7) is 1.73. The van der Waals surface area contributed by atoms with Crippen molar-refractivity contribution in [1.82, 2.24) is 0 Å². The number of carbonyl (C=O) groups is 1. The van der Waals surface area contributed by atoms with E-state index in [0.29, 0.717) is 0 Å². The monoisotopic (exact) mass is 357 g/mol. The van der Waals surface area contributed by atoms with E-state index < -0.39 is 22.4 Å². The van der Waals surface area contributed by atoms with E-state index in [9.17, 15) is 19.3 Å². The van der Waals surface area contributed by atoms with Crippen LogP contribution in [0.15, 0.2) is 33.4 Å². The van der Waals surface area contributed by atoms with E-state index >= 15 is 0 Å². The number of nitro groups is 1. The van der Waals surface area contributed by atoms with Crippen LogP contribution in [0.1, 0.15) is 17.5 Å². The molecule has 1 heterocycles. The third-order valence-electron chi connectivity index (χ3n) is 2.67. The lowest BCUT2D eigenvalue weighted by atomic mass is 10.0. The van der Waals surface area contributed by atoms with E-state index in [0.717, 1.165) is 0 Å². The first-order valence-electron chi connectivity index (χ1n) is 5.84. The Labute approximate surface area is 126 Å². The van der Waals surface area contributed by atoms with Gasteiger partial charge >= 0.3 is 11.7 Å². The maximum absolute atomic E-state index is 14.0. The van der Waals surface area contributed by atoms with Crippen LogP contribution in [0.25, 0.3) is 11.1 Å². The molecule has 2 rings (SSSR count). The van der Waals surface area contributed by atoms with Crippen molar-refractivity contribution in [2.45, 2.75) is 6.92 Å². The quantitative estimate of drug-likeness (QED) is 0.470. The molecular weight excluding hydrogens is 349 g/mol. The van der Waals surface area contributed by atoms with E-state index in [-0.39, 0.29) is 28.0 Å². The van der Waals surface area contributed by atoms with Gasteiger partial charge in [-0.15, -0.1) is 0 Å². The second-order valence-corrected chi connectivity index (χ2v) is 4.75. The SMILES string of the molecule is CCOC(=O)c1occc1-c1ccc(Br)c(F)c1[N+](=O)[O-]. The molecule has 0 spiro atoms. The van der Waals surface area contributed by atoms with Crippen molar-refractivity contribution in [1.29, 1.82) is 0 Å². The number of esters is 1. The predicted octanol–water partition coefficient (Wildman–Crippen LogP) is 3.93. The highest BCUT2D eigenvalue weighted by Crippen LogP contribution is 2.37. The molecule has 0 unspecified atom stereocenters. The van der Waals surface area contributed by atoms with Gasteiger partial charge in [-0.2, -0.15) is 4.39 Å². The van der Waals surface area contributed by atoms with E-state index in [2.05, 4.69) is 15.9 Å². The summed E-state index contributed by atoms with van der Waals surface area (Å²) >= 11 is 2.89. The van der Waals surface area contributed by atoms with Crippen LogP contribution in [-0.4, -0.2) is 17.5 Å². The highest BCUT2D eigenvalue weighted by molar-refractivity contribution is 9.10. The second kappa shape index (κ2) is 6.04. The summed E-state index contributed by atoms with van der Waals surface area (Å²) in [6, 6.07) is 4.00. The first-order chi connectivity index (χ1) is 9.97. The van der Waals surface area contributed by atoms with Crippen molar-refractivity contribution < 1.29 is 23.3 Å². The fourth-order valence-corrected chi connectivity index (χ4v) is 2.13. The Morgan fingerprint density at radius 1 is 1.43 bits per heavy atom. The average Bonchev–Trinajstić information content (AvgIpc) is 2.90. The van der Waals surface area contributed by atoms with Crippen molar-refractivity contribution in [3.8, 4) is 11.1 Å². The van der Waals surface area contributed by atoms with Gasteiger partial charge in [0.05, 0.1) is 27.8 Å². The molecular formula is C13H9BrFNO5. The Morgan fingerprint density at radius 2 is 2.14 bits per heavy atom. The smallest absolute Gasteiger partial charge is 0.374 e. The molecule has 0 atom stereocenters. The van der Waals surface area contributed by atoms with Crippen LogP contribution in [0.2, 0.25) is 0 Å². The summed E-state index contributed by atoms with van der Waals surface area (Å²) < 4.78 is 23.7. The number of halogens is 2. The molecule has 0 N–H and O–H groups in total. The summed E-state index contributed by atoms with van der Waals surface area (Å²) in [5, 5.41) is 11.1. The molecule has 0 aliphatic carbocycles. The average molecular weight is 358 g/mol. The molecule has 0 aliphatic rings. The van der Waals surface area contributed by atoms with Gasteiger partial charge in [-0.1, -0.05) is 0 Å². The molecule has 0 saturated heterocycles. The Kier molecular flexibility index (Phi) is 4.37. The summed E-state index contributed by atoms with van der Waals surface area (Å²) in [5.41, 5.74) is -0.694. The summed E-state index contributed by atoms with van der Waals surface area (Å²) in [5.74, 6) is -2.00. The predicted molar refractivity (Wildman–Crippen MR) is 74.4 cm³/mol. The minimum absolute atomic E-state index is 0.0425. The number of hydrogen-bond donors (Lipinski definition) is 0. The van der Waals surface area contributed by atoms with Crippen LogP contribution >= 0.6 is 15.9 Å². The summed E-state index contributed by atoms with van der Waals surface area (Å²) in [6.07, 6.45) is 1.19. The summed E-state index contributed by atoms with van der Waals surface area (Å²) in [7, 11) is 0. The molecule has 1 aromatic carbocycles. The molecule has 0 radical (unpaired) electrons. The van der Waals surface area contributed by atoms with E-state index in [1.54, 1.807) is 6.92 Å². The third-order valence-corrected chi connectivity index (χ3v) is 3.28. The fraction of sp³-hybridized carbons (Fsp3) is 0.154. The van der Waals surface area contributed by atoms with E-state index in [4.69, 9.17) is 9.15 Å². The minimum Gasteiger partial charge on any atom is -0.460 e. The van der Waals surface area contributed by atoms with Crippen molar-refractivity contribution in [3.05, 3.63) is 50.6 Å². The highest BCUT2D eigenvalue weighted by Gasteiger charge is 2.28. The van der Waals surface area contributed by atoms with Gasteiger partial charge in [0, 0.05) is 5.56 Å². The Balaban J connectivity index is 2.64. The van der Waals surface area contributed by atoms with Crippen LogP contribution < -0.4 is 0 Å². The highest BCUT2D eigenvalue weighted by atomic mass is 79.9. The van der Waals surface area contributed by atoms with Gasteiger partial charge in [-0.05, 0) is 41.1 Å². The van der Waals surface area contributed by atoms with E-state index in [1.165, 1.54) is 24.5 Å². The van der Waals surface area contributed by atoms with Crippen LogP contribution in [0.4, 0.5) is 10.1 Å². The maximum Gasteiger partial charge on any atom is 0.374 e. The van der Waals surface area contributed by atoms with Crippen molar-refractivity contribution in [3.63, 3.8) is 0 Å². The molecule has 21 heavy (non-hydrogen) atoms. The van der Waals surface area contributed by atoms with Gasteiger partial charge < -0.3 is 9.15 Å². The van der Waals surface area contributed by atoms with E-state index in [1.807, 2.05) is 0 Å². The van der Waals surface area contributed by atoms with Gasteiger partial charge in [0.2, 0.25) is 11.6 Å². The van der Waals surface area contributed by atoms with Gasteiger partial charge in [0.15, 0.2) is 0 Å². The zero-order valence-corrected chi connectivity index (χ0v) is 12.3. The number of furan rings is 1. The molecule has 0 fully saturated rings. The van der Waals surface area contributed by atoms with Crippen LogP contribution in [0, 0.1) is 15.9 Å². The summed E-state index contributed by atoms with van der Waals surface area (Å²) in [4.78, 5) is 22.0. The van der Waals surface area contributed by atoms with Gasteiger partial charge in [0.25, 0.3) is 0 Å². The zero-order chi connectivity index (χ0) is 15.6. The molecule has 0 aliphatic heterocycles. The Morgan fingerprint density at radius 3 is 2.76 bits per heavy atom. The molecule has 2 aromatic rings. The molecule has 0 bridgehead atoms. The zero-order valence-electron chi connectivity index (χ0n) is 10.8. The number of ether oxygens (including phenoxy) is 1. The number of nitro benzene ring substituents is 1. The Bertz CT molecular complexity index is 713. The first-order valence-corrected chi connectivity index (χ1v) is 6.64. The van der Waals surface area contributed by atoms with Crippen LogP contribution in [0.3, 0.4) is 0 Å². The number of nitrogens with zero attached hydrogens (tertiary/aromatic N) is 1. The van der Waals surface area contributed by atoms with Gasteiger partial charge in [0.1, 0.15) is 0 Å². The number of carbonyl (C=O) groups excluding carboxylic acids is 1. The van der Waals surface area contributed by atoms with Crippen LogP contribution in [0.5, 0.6) is 0 Å². The molecule has 0 amide bonds. The maximum atomic E-state index is 14.0. The molecule has 110 valence electrons. The number of hydrogen-bond acceptors (Lipinski definition) is 5. The van der Waals surface area contributed by atoms with Crippen molar-refractivity contribution in [2.75, 3.05) is 6.61 Å². The normalized spacial score (nSPS) is 10.4. The lowest BCUT2D eigenvalue weighted by Gasteiger charge is -2.05. The minimum atomic E-state index is -1.02. The van der Waals surface area contributed by atoms with Gasteiger partial charge in [-0.3, -0.25) is 10.1 Å². The second-order valence-electron chi connectivity index (χ2n) is 3.90. The Hall–Kier alpha value is -2.22. The number of rotatable bonds is 4. The topological polar surface area (TPSA) is 82.6 Å². The third kappa shape index (κ3) is 2.80. The molecule has 6 nitrogen and oxygen atoms in total. The molecule has 8 heteroatoms. The lowest BCUT2D eigenvalue weighted by molar-refractivity contribution is -0.386. The van der Waals surface area contributed by atoms with Crippen LogP contribution in [-0.2, 0) is 4.74 Å². The first kappa shape index (κ1) is 15.2. The molecule has 1 aromatic heterocycles. The molecule has 0 saturated carbocycles. The standard InChI is InChI=1S/C13H9BrFNO5/c1-2-20-13(17)12-8(5-6-21-12)7-3-4-9(14)10(15)11(7)16(18)19/h3-6H,2H2,1H3. The lowest BCUT2D eigenvalue weighted by Crippen LogP contribution is -2.05. The van der Waals surface area contributed by atoms with Gasteiger partial charge in [-0.25, -0.2) is 4.79 Å². The fourth-order valence-electron chi connectivity index (χ4n) is 1.81. The number of benzene rings is 1.